The molecule has 0 spiro atoms. The molecule has 1 nitrogen and oxygen atoms in total. The van der Waals surface area contributed by atoms with E-state index in [-0.39, 0.29) is 18.3 Å². The Morgan fingerprint density at radius 3 is 2.77 bits per heavy atom. The third kappa shape index (κ3) is 2.71. The fraction of sp³-hybridized carbons (Fsp3) is 0.300. The third-order valence-corrected chi connectivity index (χ3v) is 2.53. The highest BCUT2D eigenvalue weighted by molar-refractivity contribution is 7.98. The van der Waals surface area contributed by atoms with Crippen molar-refractivity contribution in [3.8, 4) is 0 Å². The zero-order chi connectivity index (χ0) is 9.84. The topological polar surface area (TPSA) is 20.2 Å². The van der Waals surface area contributed by atoms with Crippen molar-refractivity contribution in [2.45, 2.75) is 10.8 Å². The highest BCUT2D eigenvalue weighted by atomic mass is 32.2. The summed E-state index contributed by atoms with van der Waals surface area (Å²) in [6.45, 7) is 3.66. The van der Waals surface area contributed by atoms with Gasteiger partial charge in [0.25, 0.3) is 0 Å². The molecule has 0 fully saturated rings. The maximum absolute atomic E-state index is 13.0. The van der Waals surface area contributed by atoms with Crippen LogP contribution >= 0.6 is 11.8 Å². The van der Waals surface area contributed by atoms with Crippen molar-refractivity contribution in [1.82, 2.24) is 0 Å². The number of hydrogen-bond donors (Lipinski definition) is 1. The second-order valence-corrected chi connectivity index (χ2v) is 3.68. The molecule has 1 unspecified atom stereocenters. The first-order chi connectivity index (χ1) is 6.17. The highest BCUT2D eigenvalue weighted by Gasteiger charge is 2.06. The molecule has 13 heavy (non-hydrogen) atoms. The van der Waals surface area contributed by atoms with Crippen LogP contribution in [0.2, 0.25) is 0 Å². The molecule has 1 aromatic rings. The summed E-state index contributed by atoms with van der Waals surface area (Å²) in [7, 11) is 0. The van der Waals surface area contributed by atoms with E-state index >= 15 is 0 Å². The molecule has 1 N–H and O–H groups in total. The van der Waals surface area contributed by atoms with Crippen molar-refractivity contribution in [2.24, 2.45) is 0 Å². The third-order valence-electron chi connectivity index (χ3n) is 1.82. The van der Waals surface area contributed by atoms with Gasteiger partial charge in [0.15, 0.2) is 0 Å². The first-order valence-corrected chi connectivity index (χ1v) is 5.18. The van der Waals surface area contributed by atoms with Gasteiger partial charge in [0, 0.05) is 17.4 Å². The van der Waals surface area contributed by atoms with Gasteiger partial charge in [-0.1, -0.05) is 0 Å². The molecule has 1 rings (SSSR count). The van der Waals surface area contributed by atoms with Crippen LogP contribution < -0.4 is 0 Å². The summed E-state index contributed by atoms with van der Waals surface area (Å²) in [6.07, 6.45) is 1.88. The van der Waals surface area contributed by atoms with Crippen LogP contribution in [0.1, 0.15) is 11.5 Å². The Labute approximate surface area is 82.0 Å². The van der Waals surface area contributed by atoms with Crippen LogP contribution in [-0.4, -0.2) is 18.0 Å². The lowest BCUT2D eigenvalue weighted by atomic mass is 10.0. The summed E-state index contributed by atoms with van der Waals surface area (Å²) in [5.74, 6) is -0.523. The van der Waals surface area contributed by atoms with Gasteiger partial charge in [0.1, 0.15) is 5.82 Å². The monoisotopic (exact) mass is 199 g/mol. The van der Waals surface area contributed by atoms with Gasteiger partial charge >= 0.3 is 0 Å². The number of hydrogen-bond acceptors (Lipinski definition) is 2. The first-order valence-electron chi connectivity index (χ1n) is 3.95. The standard InChI is InChI=1S/C10H12FOS/c1-7(6-12)8-3-9(11)5-10(4-8)13-2/h3-5,7,12H,1,6H2,2H3. The van der Waals surface area contributed by atoms with E-state index in [9.17, 15) is 4.39 Å². The lowest BCUT2D eigenvalue weighted by Gasteiger charge is -2.09. The normalized spacial score (nSPS) is 12.9. The molecule has 1 radical (unpaired) electrons. The van der Waals surface area contributed by atoms with Crippen LogP contribution in [0, 0.1) is 12.7 Å². The molecule has 0 heterocycles. The summed E-state index contributed by atoms with van der Waals surface area (Å²) in [5.41, 5.74) is 0.742. The molecule has 0 saturated heterocycles. The van der Waals surface area contributed by atoms with Gasteiger partial charge in [-0.2, -0.15) is 0 Å². The van der Waals surface area contributed by atoms with Crippen molar-refractivity contribution < 1.29 is 9.50 Å². The summed E-state index contributed by atoms with van der Waals surface area (Å²) < 4.78 is 13.0. The van der Waals surface area contributed by atoms with E-state index < -0.39 is 0 Å². The van der Waals surface area contributed by atoms with Gasteiger partial charge in [0.2, 0.25) is 0 Å². The maximum atomic E-state index is 13.0. The number of benzene rings is 1. The molecule has 0 bridgehead atoms. The summed E-state index contributed by atoms with van der Waals surface area (Å²) >= 11 is 1.48. The Kier molecular flexibility index (Phi) is 3.75. The number of thioether (sulfide) groups is 1. The van der Waals surface area contributed by atoms with Gasteiger partial charge in [-0.3, -0.25) is 0 Å². The lowest BCUT2D eigenvalue weighted by molar-refractivity contribution is 0.282. The minimum Gasteiger partial charge on any atom is -0.396 e. The van der Waals surface area contributed by atoms with Crippen LogP contribution in [0.5, 0.6) is 0 Å². The van der Waals surface area contributed by atoms with Crippen molar-refractivity contribution in [3.63, 3.8) is 0 Å². The van der Waals surface area contributed by atoms with Gasteiger partial charge in [-0.15, -0.1) is 11.8 Å². The average molecular weight is 199 g/mol. The number of aliphatic hydroxyl groups excluding tert-OH is 1. The molecule has 0 aliphatic carbocycles. The number of rotatable bonds is 3. The molecule has 0 amide bonds. The van der Waals surface area contributed by atoms with E-state index in [0.29, 0.717) is 0 Å². The van der Waals surface area contributed by atoms with Crippen molar-refractivity contribution >= 4 is 11.8 Å². The molecule has 0 aliphatic rings. The Morgan fingerprint density at radius 1 is 1.54 bits per heavy atom. The molecule has 3 heteroatoms. The Morgan fingerprint density at radius 2 is 2.23 bits per heavy atom. The minimum absolute atomic E-state index is 0.0583. The molecular formula is C10H12FOS. The van der Waals surface area contributed by atoms with Crippen LogP contribution in [-0.2, 0) is 0 Å². The van der Waals surface area contributed by atoms with Crippen LogP contribution in [0.25, 0.3) is 0 Å². The van der Waals surface area contributed by atoms with Crippen molar-refractivity contribution in [2.75, 3.05) is 12.9 Å². The van der Waals surface area contributed by atoms with E-state index in [1.54, 1.807) is 0 Å². The van der Waals surface area contributed by atoms with E-state index in [1.165, 1.54) is 23.9 Å². The second kappa shape index (κ2) is 4.63. The molecule has 0 aliphatic heterocycles. The predicted molar refractivity (Wildman–Crippen MR) is 53.4 cm³/mol. The van der Waals surface area contributed by atoms with Gasteiger partial charge in [0.05, 0.1) is 0 Å². The Bertz CT molecular complexity index is 288. The van der Waals surface area contributed by atoms with Crippen molar-refractivity contribution in [3.05, 3.63) is 36.5 Å². The summed E-state index contributed by atoms with van der Waals surface area (Å²) in [6, 6.07) is 4.73. The maximum Gasteiger partial charge on any atom is 0.124 e. The Balaban J connectivity index is 3.01. The number of aliphatic hydroxyl groups is 1. The average Bonchev–Trinajstić information content (AvgIpc) is 2.15. The lowest BCUT2D eigenvalue weighted by Crippen LogP contribution is -1.99. The molecule has 71 valence electrons. The quantitative estimate of drug-likeness (QED) is 0.755. The van der Waals surface area contributed by atoms with Gasteiger partial charge in [-0.05, 0) is 36.9 Å². The van der Waals surface area contributed by atoms with Gasteiger partial charge < -0.3 is 5.11 Å². The molecule has 0 aromatic heterocycles. The predicted octanol–water partition coefficient (Wildman–Crippen LogP) is 2.46. The zero-order valence-electron chi connectivity index (χ0n) is 7.46. The van der Waals surface area contributed by atoms with Crippen LogP contribution in [0.15, 0.2) is 23.1 Å². The highest BCUT2D eigenvalue weighted by Crippen LogP contribution is 2.22. The fourth-order valence-corrected chi connectivity index (χ4v) is 1.53. The van der Waals surface area contributed by atoms with Crippen LogP contribution in [0.3, 0.4) is 0 Å². The zero-order valence-corrected chi connectivity index (χ0v) is 8.27. The van der Waals surface area contributed by atoms with E-state index in [4.69, 9.17) is 5.11 Å². The van der Waals surface area contributed by atoms with Gasteiger partial charge in [-0.25, -0.2) is 4.39 Å². The second-order valence-electron chi connectivity index (χ2n) is 2.80. The minimum atomic E-state index is -0.274. The Hall–Kier alpha value is -0.540. The molecule has 1 atom stereocenters. The molecule has 0 saturated carbocycles. The summed E-state index contributed by atoms with van der Waals surface area (Å²) in [4.78, 5) is 0.858. The van der Waals surface area contributed by atoms with E-state index in [0.717, 1.165) is 10.5 Å². The molecule has 1 aromatic carbocycles. The van der Waals surface area contributed by atoms with Crippen molar-refractivity contribution in [1.29, 1.82) is 0 Å². The smallest absolute Gasteiger partial charge is 0.124 e. The SMILES string of the molecule is [CH2]C(CO)c1cc(F)cc(SC)c1. The molecular weight excluding hydrogens is 187 g/mol. The first kappa shape index (κ1) is 10.5. The van der Waals surface area contributed by atoms with E-state index in [1.807, 2.05) is 12.3 Å². The fourth-order valence-electron chi connectivity index (χ4n) is 1.04. The van der Waals surface area contributed by atoms with Crippen LogP contribution in [0.4, 0.5) is 4.39 Å². The number of halogens is 1. The van der Waals surface area contributed by atoms with E-state index in [2.05, 4.69) is 6.92 Å². The summed E-state index contributed by atoms with van der Waals surface area (Å²) in [5, 5.41) is 8.85. The largest absolute Gasteiger partial charge is 0.396 e.